The Kier molecular flexibility index (Phi) is 6.09. The van der Waals surface area contributed by atoms with Crippen LogP contribution in [0.4, 0.5) is 17.2 Å². The molecule has 0 unspecified atom stereocenters. The minimum atomic E-state index is -0.265. The molecule has 1 aliphatic rings. The van der Waals surface area contributed by atoms with E-state index in [1.165, 1.54) is 17.0 Å². The number of aromatic nitrogens is 2. The summed E-state index contributed by atoms with van der Waals surface area (Å²) >= 11 is 0. The van der Waals surface area contributed by atoms with Gasteiger partial charge in [-0.15, -0.1) is 0 Å². The van der Waals surface area contributed by atoms with Gasteiger partial charge in [0.25, 0.3) is 5.56 Å². The second-order valence-electron chi connectivity index (χ2n) is 7.41. The number of nitrogens with zero attached hydrogens (tertiary/aromatic N) is 3. The van der Waals surface area contributed by atoms with Crippen molar-refractivity contribution in [3.63, 3.8) is 0 Å². The number of benzene rings is 2. The summed E-state index contributed by atoms with van der Waals surface area (Å²) in [6.45, 7) is 2.97. The first-order valence-corrected chi connectivity index (χ1v) is 10.3. The zero-order valence-electron chi connectivity index (χ0n) is 18.1. The van der Waals surface area contributed by atoms with E-state index in [1.807, 2.05) is 30.3 Å². The summed E-state index contributed by atoms with van der Waals surface area (Å²) in [7, 11) is 3.33. The third-order valence-corrected chi connectivity index (χ3v) is 5.54. The van der Waals surface area contributed by atoms with E-state index in [2.05, 4.69) is 15.2 Å². The number of aryl methyl sites for hydroxylation is 1. The van der Waals surface area contributed by atoms with Gasteiger partial charge in [0.1, 0.15) is 5.75 Å². The predicted molar refractivity (Wildman–Crippen MR) is 127 cm³/mol. The summed E-state index contributed by atoms with van der Waals surface area (Å²) in [6, 6.07) is 11.2. The number of ether oxygens (including phenoxy) is 2. The van der Waals surface area contributed by atoms with E-state index >= 15 is 0 Å². The number of fused-ring (bicyclic) bond motifs is 1. The lowest BCUT2D eigenvalue weighted by molar-refractivity contribution is 0.122. The highest BCUT2D eigenvalue weighted by atomic mass is 16.5. The maximum atomic E-state index is 13.0. The third kappa shape index (κ3) is 4.02. The molecule has 166 valence electrons. The lowest BCUT2D eigenvalue weighted by Crippen LogP contribution is -2.36. The predicted octanol–water partition coefficient (Wildman–Crippen LogP) is 2.47. The first kappa shape index (κ1) is 21.4. The van der Waals surface area contributed by atoms with Gasteiger partial charge in [-0.3, -0.25) is 4.79 Å². The van der Waals surface area contributed by atoms with Gasteiger partial charge in [0, 0.05) is 49.9 Å². The van der Waals surface area contributed by atoms with E-state index in [0.29, 0.717) is 41.3 Å². The second kappa shape index (κ2) is 9.11. The molecule has 0 radical (unpaired) electrons. The summed E-state index contributed by atoms with van der Waals surface area (Å²) in [4.78, 5) is 19.7. The first-order chi connectivity index (χ1) is 15.5. The molecule has 3 aromatic rings. The highest BCUT2D eigenvalue weighted by Gasteiger charge is 2.17. The van der Waals surface area contributed by atoms with Crippen LogP contribution in [-0.2, 0) is 11.8 Å². The Morgan fingerprint density at radius 3 is 2.72 bits per heavy atom. The highest BCUT2D eigenvalue weighted by Crippen LogP contribution is 2.32. The topological polar surface area (TPSA) is 118 Å². The van der Waals surface area contributed by atoms with Crippen molar-refractivity contribution in [3.05, 3.63) is 58.5 Å². The van der Waals surface area contributed by atoms with Crippen molar-refractivity contribution >= 4 is 40.0 Å². The molecule has 2 aromatic carbocycles. The number of nitrogens with one attached hydrogen (secondary N) is 2. The smallest absolute Gasteiger partial charge is 0.293 e. The number of hydrogen-bond donors (Lipinski definition) is 3. The fourth-order valence-corrected chi connectivity index (χ4v) is 3.77. The minimum absolute atomic E-state index is 0.218. The molecule has 4 rings (SSSR count). The van der Waals surface area contributed by atoms with E-state index in [1.54, 1.807) is 20.2 Å². The number of nitrogens with two attached hydrogens (primary N) is 1. The van der Waals surface area contributed by atoms with Crippen molar-refractivity contribution < 1.29 is 9.47 Å². The summed E-state index contributed by atoms with van der Waals surface area (Å²) < 4.78 is 12.6. The SMILES string of the molecule is COc1cc(Nc2nc3ccc(/C(C=N)=C/N)cc3n(C)c2=O)ccc1N1CCOCC1. The molecule has 1 fully saturated rings. The van der Waals surface area contributed by atoms with Crippen LogP contribution in [0.5, 0.6) is 5.75 Å². The third-order valence-electron chi connectivity index (χ3n) is 5.54. The molecule has 0 amide bonds. The molecular formula is C23H26N6O3. The molecule has 2 heterocycles. The fourth-order valence-electron chi connectivity index (χ4n) is 3.77. The molecule has 0 bridgehead atoms. The fraction of sp³-hybridized carbons (Fsp3) is 0.261. The van der Waals surface area contributed by atoms with Crippen molar-refractivity contribution in [2.24, 2.45) is 12.8 Å². The molecule has 32 heavy (non-hydrogen) atoms. The molecule has 4 N–H and O–H groups in total. The summed E-state index contributed by atoms with van der Waals surface area (Å²) in [6.07, 6.45) is 2.54. The number of methoxy groups -OCH3 is 1. The van der Waals surface area contributed by atoms with E-state index < -0.39 is 0 Å². The average molecular weight is 435 g/mol. The Morgan fingerprint density at radius 2 is 2.03 bits per heavy atom. The summed E-state index contributed by atoms with van der Waals surface area (Å²) in [5, 5.41) is 10.6. The van der Waals surface area contributed by atoms with Gasteiger partial charge in [0.05, 0.1) is 37.0 Å². The zero-order chi connectivity index (χ0) is 22.7. The zero-order valence-corrected chi connectivity index (χ0v) is 18.1. The van der Waals surface area contributed by atoms with Crippen LogP contribution in [0, 0.1) is 5.41 Å². The molecule has 0 saturated carbocycles. The van der Waals surface area contributed by atoms with E-state index in [9.17, 15) is 4.79 Å². The van der Waals surface area contributed by atoms with E-state index in [0.717, 1.165) is 24.3 Å². The Hall–Kier alpha value is -3.85. The largest absolute Gasteiger partial charge is 0.495 e. The highest BCUT2D eigenvalue weighted by molar-refractivity contribution is 6.09. The van der Waals surface area contributed by atoms with Gasteiger partial charge >= 0.3 is 0 Å². The first-order valence-electron chi connectivity index (χ1n) is 10.3. The minimum Gasteiger partial charge on any atom is -0.495 e. The molecule has 1 saturated heterocycles. The number of rotatable bonds is 6. The quantitative estimate of drug-likeness (QED) is 0.510. The van der Waals surface area contributed by atoms with Gasteiger partial charge in [0.2, 0.25) is 0 Å². The second-order valence-corrected chi connectivity index (χ2v) is 7.41. The molecular weight excluding hydrogens is 408 g/mol. The van der Waals surface area contributed by atoms with Crippen molar-refractivity contribution in [1.29, 1.82) is 5.41 Å². The van der Waals surface area contributed by atoms with E-state index in [4.69, 9.17) is 20.6 Å². The van der Waals surface area contributed by atoms with Crippen LogP contribution in [0.1, 0.15) is 5.56 Å². The number of hydrogen-bond acceptors (Lipinski definition) is 8. The Bertz CT molecular complexity index is 1240. The van der Waals surface area contributed by atoms with E-state index in [-0.39, 0.29) is 11.4 Å². The lowest BCUT2D eigenvalue weighted by atomic mass is 10.1. The monoisotopic (exact) mass is 434 g/mol. The lowest BCUT2D eigenvalue weighted by Gasteiger charge is -2.30. The molecule has 0 aliphatic carbocycles. The molecule has 9 nitrogen and oxygen atoms in total. The van der Waals surface area contributed by atoms with Gasteiger partial charge in [0.15, 0.2) is 5.82 Å². The van der Waals surface area contributed by atoms with Gasteiger partial charge < -0.3 is 35.4 Å². The molecule has 1 aromatic heterocycles. The molecule has 0 spiro atoms. The maximum absolute atomic E-state index is 13.0. The summed E-state index contributed by atoms with van der Waals surface area (Å²) in [5.41, 5.74) is 9.63. The van der Waals surface area contributed by atoms with Crippen LogP contribution in [0.2, 0.25) is 0 Å². The van der Waals surface area contributed by atoms with Crippen LogP contribution in [0.25, 0.3) is 16.6 Å². The standard InChI is InChI=1S/C23H26N6O3/c1-28-20-11-15(16(13-24)14-25)3-5-18(20)27-22(23(28)30)26-17-4-6-19(21(12-17)31-2)29-7-9-32-10-8-29/h3-6,11-14,24H,7-10,25H2,1-2H3,(H,26,27)/b16-14+,24-13?. The van der Waals surface area contributed by atoms with Gasteiger partial charge in [-0.25, -0.2) is 4.98 Å². The van der Waals surface area contributed by atoms with Gasteiger partial charge in [-0.1, -0.05) is 6.07 Å². The van der Waals surface area contributed by atoms with Crippen molar-refractivity contribution in [2.75, 3.05) is 43.6 Å². The van der Waals surface area contributed by atoms with Gasteiger partial charge in [-0.05, 0) is 29.8 Å². The van der Waals surface area contributed by atoms with Crippen LogP contribution < -0.4 is 26.2 Å². The Labute approximate surface area is 185 Å². The van der Waals surface area contributed by atoms with Crippen LogP contribution in [0.3, 0.4) is 0 Å². The molecule has 0 atom stereocenters. The van der Waals surface area contributed by atoms with Crippen LogP contribution in [-0.4, -0.2) is 49.2 Å². The Morgan fingerprint density at radius 1 is 1.25 bits per heavy atom. The van der Waals surface area contributed by atoms with Crippen molar-refractivity contribution in [3.8, 4) is 5.75 Å². The van der Waals surface area contributed by atoms with Crippen LogP contribution >= 0.6 is 0 Å². The maximum Gasteiger partial charge on any atom is 0.293 e. The normalized spacial score (nSPS) is 14.4. The summed E-state index contributed by atoms with van der Waals surface area (Å²) in [5.74, 6) is 0.933. The van der Waals surface area contributed by atoms with Crippen LogP contribution in [0.15, 0.2) is 47.4 Å². The van der Waals surface area contributed by atoms with Crippen molar-refractivity contribution in [2.45, 2.75) is 0 Å². The number of anilines is 3. The average Bonchev–Trinajstić information content (AvgIpc) is 2.84. The molecule has 1 aliphatic heterocycles. The van der Waals surface area contributed by atoms with Crippen molar-refractivity contribution in [1.82, 2.24) is 9.55 Å². The molecule has 9 heteroatoms. The van der Waals surface area contributed by atoms with Gasteiger partial charge in [-0.2, -0.15) is 0 Å². The number of morpholine rings is 1. The Balaban J connectivity index is 1.68. The number of allylic oxidation sites excluding steroid dienone is 1.